The molecule has 8 nitrogen and oxygen atoms in total. The number of thioether (sulfide) groups is 1. The van der Waals surface area contributed by atoms with E-state index in [4.69, 9.17) is 4.74 Å². The van der Waals surface area contributed by atoms with E-state index < -0.39 is 21.2 Å². The van der Waals surface area contributed by atoms with Crippen LogP contribution in [0, 0.1) is 0 Å². The molecule has 0 spiro atoms. The van der Waals surface area contributed by atoms with Gasteiger partial charge in [0.2, 0.25) is 0 Å². The second-order valence-corrected chi connectivity index (χ2v) is 9.35. The van der Waals surface area contributed by atoms with Crippen molar-refractivity contribution < 1.29 is 27.9 Å². The monoisotopic (exact) mass is 468 g/mol. The van der Waals surface area contributed by atoms with Crippen LogP contribution in [-0.4, -0.2) is 24.7 Å². The van der Waals surface area contributed by atoms with Gasteiger partial charge in [0.25, 0.3) is 21.2 Å². The first-order valence-electron chi connectivity index (χ1n) is 9.23. The number of carbonyl (C=O) groups excluding carboxylic acids is 2. The number of imide groups is 1. The number of phenolic OH excluding ortho intramolecular Hbond substituents is 1. The normalized spacial score (nSPS) is 14.9. The Labute approximate surface area is 188 Å². The first-order chi connectivity index (χ1) is 15.3. The van der Waals surface area contributed by atoms with Gasteiger partial charge in [-0.3, -0.25) is 19.6 Å². The molecule has 10 heteroatoms. The summed E-state index contributed by atoms with van der Waals surface area (Å²) in [6.07, 6.45) is 1.60. The summed E-state index contributed by atoms with van der Waals surface area (Å²) in [6, 6.07) is 18.5. The second-order valence-electron chi connectivity index (χ2n) is 6.65. The predicted octanol–water partition coefficient (Wildman–Crippen LogP) is 4.31. The van der Waals surface area contributed by atoms with E-state index in [-0.39, 0.29) is 16.3 Å². The topological polar surface area (TPSA) is 122 Å². The van der Waals surface area contributed by atoms with E-state index in [1.807, 2.05) is 0 Å². The smallest absolute Gasteiger partial charge is 0.290 e. The van der Waals surface area contributed by atoms with E-state index in [0.29, 0.717) is 16.4 Å². The SMILES string of the molecule is O=C1NC(=O)C(=Cc2ccc(Oc3ccc(S(=O)(=O)Nc4cccc(O)c4)cc3)cc2)S1. The Bertz CT molecular complexity index is 1320. The number of benzene rings is 3. The third-order valence-corrected chi connectivity index (χ3v) is 6.50. The van der Waals surface area contributed by atoms with Crippen molar-refractivity contribution in [1.82, 2.24) is 5.32 Å². The van der Waals surface area contributed by atoms with Crippen LogP contribution in [0.1, 0.15) is 5.56 Å². The Morgan fingerprint density at radius 3 is 2.19 bits per heavy atom. The molecule has 0 bridgehead atoms. The van der Waals surface area contributed by atoms with Crippen molar-refractivity contribution in [3.05, 3.63) is 83.3 Å². The van der Waals surface area contributed by atoms with Crippen LogP contribution in [0.4, 0.5) is 10.5 Å². The molecule has 4 rings (SSSR count). The molecule has 162 valence electrons. The summed E-state index contributed by atoms with van der Waals surface area (Å²) in [4.78, 5) is 23.2. The lowest BCUT2D eigenvalue weighted by molar-refractivity contribution is -0.115. The van der Waals surface area contributed by atoms with Crippen molar-refractivity contribution in [2.24, 2.45) is 0 Å². The Hall–Kier alpha value is -3.76. The van der Waals surface area contributed by atoms with Crippen LogP contribution in [0.2, 0.25) is 0 Å². The zero-order chi connectivity index (χ0) is 22.7. The molecule has 0 atom stereocenters. The molecule has 3 aromatic rings. The number of hydrogen-bond donors (Lipinski definition) is 3. The molecule has 1 heterocycles. The number of aromatic hydroxyl groups is 1. The van der Waals surface area contributed by atoms with E-state index in [0.717, 1.165) is 17.3 Å². The van der Waals surface area contributed by atoms with Gasteiger partial charge < -0.3 is 9.84 Å². The van der Waals surface area contributed by atoms with Gasteiger partial charge in [0, 0.05) is 6.07 Å². The number of anilines is 1. The Morgan fingerprint density at radius 2 is 1.59 bits per heavy atom. The Balaban J connectivity index is 1.43. The van der Waals surface area contributed by atoms with E-state index in [1.165, 1.54) is 48.5 Å². The van der Waals surface area contributed by atoms with E-state index >= 15 is 0 Å². The first kappa shape index (κ1) is 21.5. The number of nitrogens with one attached hydrogen (secondary N) is 2. The molecule has 1 fully saturated rings. The van der Waals surface area contributed by atoms with Gasteiger partial charge in [-0.05, 0) is 71.9 Å². The highest BCUT2D eigenvalue weighted by Gasteiger charge is 2.24. The molecule has 0 saturated carbocycles. The van der Waals surface area contributed by atoms with E-state index in [1.54, 1.807) is 30.3 Å². The van der Waals surface area contributed by atoms with Gasteiger partial charge in [0.1, 0.15) is 17.2 Å². The van der Waals surface area contributed by atoms with Gasteiger partial charge in [-0.2, -0.15) is 0 Å². The van der Waals surface area contributed by atoms with Crippen LogP contribution in [-0.2, 0) is 14.8 Å². The van der Waals surface area contributed by atoms with Crippen molar-refractivity contribution in [2.45, 2.75) is 4.90 Å². The standard InChI is InChI=1S/C22H16N2O6S2/c25-16-3-1-2-15(13-16)24-32(28,29)19-10-8-18(9-11-19)30-17-6-4-14(5-7-17)12-20-21(26)23-22(27)31-20/h1-13,24-25H,(H,23,26,27). The lowest BCUT2D eigenvalue weighted by Gasteiger charge is -2.10. The van der Waals surface area contributed by atoms with Crippen LogP contribution < -0.4 is 14.8 Å². The number of carbonyl (C=O) groups is 2. The van der Waals surface area contributed by atoms with Gasteiger partial charge in [-0.15, -0.1) is 0 Å². The van der Waals surface area contributed by atoms with Crippen LogP contribution in [0.15, 0.2) is 82.6 Å². The fraction of sp³-hybridized carbons (Fsp3) is 0. The maximum atomic E-state index is 12.5. The van der Waals surface area contributed by atoms with Crippen molar-refractivity contribution in [3.63, 3.8) is 0 Å². The summed E-state index contributed by atoms with van der Waals surface area (Å²) in [7, 11) is -3.83. The largest absolute Gasteiger partial charge is 0.508 e. The van der Waals surface area contributed by atoms with Crippen molar-refractivity contribution >= 4 is 44.7 Å². The molecule has 0 unspecified atom stereocenters. The summed E-state index contributed by atoms with van der Waals surface area (Å²) in [5.74, 6) is 0.479. The average molecular weight is 469 g/mol. The summed E-state index contributed by atoms with van der Waals surface area (Å²) in [5.41, 5.74) is 0.974. The maximum Gasteiger partial charge on any atom is 0.290 e. The quantitative estimate of drug-likeness (QED) is 0.461. The zero-order valence-corrected chi connectivity index (χ0v) is 17.9. The molecule has 2 amide bonds. The predicted molar refractivity (Wildman–Crippen MR) is 121 cm³/mol. The molecule has 3 N–H and O–H groups in total. The maximum absolute atomic E-state index is 12.5. The van der Waals surface area contributed by atoms with Crippen LogP contribution in [0.5, 0.6) is 17.2 Å². The van der Waals surface area contributed by atoms with Crippen LogP contribution in [0.25, 0.3) is 6.08 Å². The fourth-order valence-corrected chi connectivity index (χ4v) is 4.54. The molecule has 1 saturated heterocycles. The third-order valence-electron chi connectivity index (χ3n) is 4.29. The van der Waals surface area contributed by atoms with Crippen molar-refractivity contribution in [2.75, 3.05) is 4.72 Å². The van der Waals surface area contributed by atoms with Crippen molar-refractivity contribution in [1.29, 1.82) is 0 Å². The van der Waals surface area contributed by atoms with Gasteiger partial charge in [0.05, 0.1) is 15.5 Å². The summed E-state index contributed by atoms with van der Waals surface area (Å²) in [6.45, 7) is 0. The molecule has 0 radical (unpaired) electrons. The van der Waals surface area contributed by atoms with Crippen LogP contribution >= 0.6 is 11.8 Å². The molecular weight excluding hydrogens is 452 g/mol. The molecule has 0 aliphatic carbocycles. The number of phenols is 1. The van der Waals surface area contributed by atoms with Gasteiger partial charge in [-0.25, -0.2) is 8.42 Å². The highest BCUT2D eigenvalue weighted by atomic mass is 32.2. The lowest BCUT2D eigenvalue weighted by atomic mass is 10.2. The van der Waals surface area contributed by atoms with Crippen LogP contribution in [0.3, 0.4) is 0 Å². The highest BCUT2D eigenvalue weighted by molar-refractivity contribution is 8.18. The lowest BCUT2D eigenvalue weighted by Crippen LogP contribution is -2.17. The first-order valence-corrected chi connectivity index (χ1v) is 11.5. The molecule has 32 heavy (non-hydrogen) atoms. The minimum absolute atomic E-state index is 0.0389. The van der Waals surface area contributed by atoms with E-state index in [9.17, 15) is 23.1 Å². The number of hydrogen-bond acceptors (Lipinski definition) is 7. The van der Waals surface area contributed by atoms with Gasteiger partial charge in [-0.1, -0.05) is 18.2 Å². The van der Waals surface area contributed by atoms with Gasteiger partial charge in [0.15, 0.2) is 0 Å². The minimum Gasteiger partial charge on any atom is -0.508 e. The number of ether oxygens (including phenoxy) is 1. The Morgan fingerprint density at radius 1 is 0.938 bits per heavy atom. The third kappa shape index (κ3) is 5.10. The summed E-state index contributed by atoms with van der Waals surface area (Å²) < 4.78 is 33.2. The number of amides is 2. The number of sulfonamides is 1. The fourth-order valence-electron chi connectivity index (χ4n) is 2.81. The van der Waals surface area contributed by atoms with Gasteiger partial charge >= 0.3 is 0 Å². The Kier molecular flexibility index (Phi) is 5.89. The zero-order valence-electron chi connectivity index (χ0n) is 16.3. The summed E-state index contributed by atoms with van der Waals surface area (Å²) >= 11 is 0.843. The minimum atomic E-state index is -3.83. The van der Waals surface area contributed by atoms with Crippen molar-refractivity contribution in [3.8, 4) is 17.2 Å². The molecule has 3 aromatic carbocycles. The van der Waals surface area contributed by atoms with E-state index in [2.05, 4.69) is 10.0 Å². The summed E-state index contributed by atoms with van der Waals surface area (Å²) in [5, 5.41) is 11.3. The second kappa shape index (κ2) is 8.77. The molecule has 1 aliphatic heterocycles. The average Bonchev–Trinajstić information content (AvgIpc) is 3.06. The highest BCUT2D eigenvalue weighted by Crippen LogP contribution is 2.28. The number of rotatable bonds is 6. The molecule has 1 aliphatic rings. The molecule has 0 aromatic heterocycles. The molecular formula is C22H16N2O6S2.